The molecule has 39 heavy (non-hydrogen) atoms. The van der Waals surface area contributed by atoms with Crippen LogP contribution in [0.25, 0.3) is 17.0 Å². The molecular formula is C31H35NO7. The number of carbonyl (C=O) groups is 2. The maximum atomic E-state index is 12.6. The van der Waals surface area contributed by atoms with Gasteiger partial charge >= 0.3 is 11.6 Å². The Labute approximate surface area is 228 Å². The summed E-state index contributed by atoms with van der Waals surface area (Å²) in [6, 6.07) is 16.7. The van der Waals surface area contributed by atoms with E-state index in [4.69, 9.17) is 13.9 Å². The summed E-state index contributed by atoms with van der Waals surface area (Å²) in [4.78, 5) is 39.5. The van der Waals surface area contributed by atoms with E-state index in [-0.39, 0.29) is 49.8 Å². The smallest absolute Gasteiger partial charge is 0.347 e. The molecule has 3 aromatic rings. The first-order chi connectivity index (χ1) is 19.0. The quantitative estimate of drug-likeness (QED) is 0.0742. The van der Waals surface area contributed by atoms with Gasteiger partial charge in [0.15, 0.2) is 5.78 Å². The highest BCUT2D eigenvalue weighted by Crippen LogP contribution is 2.22. The van der Waals surface area contributed by atoms with Crippen LogP contribution >= 0.6 is 0 Å². The number of ether oxygens (including phenoxy) is 2. The van der Waals surface area contributed by atoms with Crippen molar-refractivity contribution >= 4 is 34.5 Å². The topological polar surface area (TPSA) is 106 Å². The van der Waals surface area contributed by atoms with Crippen molar-refractivity contribution in [1.29, 1.82) is 0 Å². The molecule has 0 unspecified atom stereocenters. The molecule has 2 aromatic carbocycles. The van der Waals surface area contributed by atoms with Gasteiger partial charge in [0, 0.05) is 43.3 Å². The second-order valence-corrected chi connectivity index (χ2v) is 8.70. The monoisotopic (exact) mass is 533 g/mol. The number of aliphatic hydroxyl groups is 1. The molecule has 0 aliphatic heterocycles. The fraction of sp³-hybridized carbons (Fsp3) is 0.323. The predicted molar refractivity (Wildman–Crippen MR) is 152 cm³/mol. The highest BCUT2D eigenvalue weighted by molar-refractivity contribution is 5.98. The third kappa shape index (κ3) is 8.77. The van der Waals surface area contributed by atoms with E-state index in [0.717, 1.165) is 24.3 Å². The molecule has 0 atom stereocenters. The van der Waals surface area contributed by atoms with Crippen LogP contribution in [0.5, 0.6) is 0 Å². The number of hydrogen-bond acceptors (Lipinski definition) is 8. The van der Waals surface area contributed by atoms with E-state index in [1.807, 2.05) is 48.5 Å². The maximum Gasteiger partial charge on any atom is 0.347 e. The summed E-state index contributed by atoms with van der Waals surface area (Å²) in [7, 11) is 0. The van der Waals surface area contributed by atoms with E-state index in [2.05, 4.69) is 18.7 Å². The van der Waals surface area contributed by atoms with E-state index in [1.165, 1.54) is 6.08 Å². The number of aliphatic hydroxyl groups excluding tert-OH is 1. The first-order valence-corrected chi connectivity index (χ1v) is 13.1. The summed E-state index contributed by atoms with van der Waals surface area (Å²) in [6.07, 6.45) is 5.26. The number of fused-ring (bicyclic) bond motifs is 1. The number of carbonyl (C=O) groups excluding carboxylic acids is 2. The van der Waals surface area contributed by atoms with Gasteiger partial charge in [-0.1, -0.05) is 36.4 Å². The first-order valence-electron chi connectivity index (χ1n) is 13.1. The Morgan fingerprint density at radius 2 is 1.77 bits per heavy atom. The second kappa shape index (κ2) is 15.4. The van der Waals surface area contributed by atoms with E-state index in [9.17, 15) is 19.5 Å². The highest BCUT2D eigenvalue weighted by Gasteiger charge is 2.15. The standard InChI is InChI=1S/C31H35NO7/c1-3-32(4-2)26-15-14-25-21-27(31(36)39-29(25)22-26)28(34)11-8-18-37-19-20-38-30(35)24(16-17-33)13-12-23-9-6-5-7-10-23/h5-7,9-10,12-16,21-22,33H,3-4,8,11,17-20H2,1-2H3/b13-12+,24-16+. The van der Waals surface area contributed by atoms with Crippen molar-refractivity contribution in [2.24, 2.45) is 0 Å². The van der Waals surface area contributed by atoms with Gasteiger partial charge in [0.25, 0.3) is 0 Å². The maximum absolute atomic E-state index is 12.6. The second-order valence-electron chi connectivity index (χ2n) is 8.70. The van der Waals surface area contributed by atoms with Crippen molar-refractivity contribution in [3.63, 3.8) is 0 Å². The van der Waals surface area contributed by atoms with Crippen molar-refractivity contribution < 1.29 is 28.6 Å². The molecule has 8 nitrogen and oxygen atoms in total. The van der Waals surface area contributed by atoms with Gasteiger partial charge in [0.1, 0.15) is 17.8 Å². The Balaban J connectivity index is 1.42. The zero-order valence-electron chi connectivity index (χ0n) is 22.4. The number of esters is 1. The summed E-state index contributed by atoms with van der Waals surface area (Å²) in [5, 5.41) is 9.89. The molecule has 0 aliphatic carbocycles. The number of ketones is 1. The molecule has 0 spiro atoms. The zero-order valence-corrected chi connectivity index (χ0v) is 22.4. The van der Waals surface area contributed by atoms with Crippen LogP contribution < -0.4 is 10.5 Å². The van der Waals surface area contributed by atoms with E-state index < -0.39 is 11.6 Å². The van der Waals surface area contributed by atoms with Crippen LogP contribution in [0.1, 0.15) is 42.6 Å². The largest absolute Gasteiger partial charge is 0.460 e. The molecule has 0 fully saturated rings. The lowest BCUT2D eigenvalue weighted by Crippen LogP contribution is -2.21. The third-order valence-corrected chi connectivity index (χ3v) is 6.10. The minimum absolute atomic E-state index is 0.0263. The molecule has 0 aliphatic rings. The lowest BCUT2D eigenvalue weighted by Gasteiger charge is -2.20. The zero-order chi connectivity index (χ0) is 28.0. The van der Waals surface area contributed by atoms with Gasteiger partial charge in [-0.15, -0.1) is 0 Å². The van der Waals surface area contributed by atoms with Crippen LogP contribution in [-0.2, 0) is 14.3 Å². The van der Waals surface area contributed by atoms with Crippen LogP contribution in [0.2, 0.25) is 0 Å². The molecule has 1 heterocycles. The number of nitrogens with zero attached hydrogens (tertiary/aromatic N) is 1. The Kier molecular flexibility index (Phi) is 11.7. The van der Waals surface area contributed by atoms with Crippen LogP contribution in [0.15, 0.2) is 81.5 Å². The van der Waals surface area contributed by atoms with Gasteiger partial charge in [-0.25, -0.2) is 9.59 Å². The summed E-state index contributed by atoms with van der Waals surface area (Å²) in [5.41, 5.74) is 1.94. The number of anilines is 1. The molecule has 8 heteroatoms. The van der Waals surface area contributed by atoms with Crippen LogP contribution in [-0.4, -0.2) is 56.4 Å². The van der Waals surface area contributed by atoms with Gasteiger partial charge in [-0.05, 0) is 56.2 Å². The minimum atomic E-state index is -0.648. The van der Waals surface area contributed by atoms with Crippen molar-refractivity contribution in [2.75, 3.05) is 44.4 Å². The molecule has 3 rings (SSSR count). The number of rotatable bonds is 15. The summed E-state index contributed by atoms with van der Waals surface area (Å²) in [5.74, 6) is -0.875. The van der Waals surface area contributed by atoms with Crippen molar-refractivity contribution in [3.05, 3.63) is 93.9 Å². The summed E-state index contributed by atoms with van der Waals surface area (Å²) < 4.78 is 16.1. The van der Waals surface area contributed by atoms with Gasteiger partial charge in [-0.3, -0.25) is 4.79 Å². The molecular weight excluding hydrogens is 498 g/mol. The van der Waals surface area contributed by atoms with Crippen LogP contribution in [0, 0.1) is 0 Å². The number of Topliss-reactive ketones (excluding diaryl/α,β-unsaturated/α-hetero) is 1. The third-order valence-electron chi connectivity index (χ3n) is 6.10. The van der Waals surface area contributed by atoms with E-state index in [0.29, 0.717) is 17.4 Å². The number of benzene rings is 2. The fourth-order valence-electron chi connectivity index (χ4n) is 4.00. The Morgan fingerprint density at radius 1 is 1.00 bits per heavy atom. The van der Waals surface area contributed by atoms with Crippen LogP contribution in [0.3, 0.4) is 0 Å². The molecule has 206 valence electrons. The fourth-order valence-corrected chi connectivity index (χ4v) is 4.00. The van der Waals surface area contributed by atoms with Gasteiger partial charge < -0.3 is 23.9 Å². The minimum Gasteiger partial charge on any atom is -0.460 e. The SMILES string of the molecule is CCN(CC)c1ccc2cc(C(=O)CCCOCCOC(=O)C(/C=C/c3ccccc3)=C/CO)c(=O)oc2c1. The number of hydrogen-bond donors (Lipinski definition) is 1. The Morgan fingerprint density at radius 3 is 2.49 bits per heavy atom. The highest BCUT2D eigenvalue weighted by atomic mass is 16.6. The molecule has 0 saturated heterocycles. The molecule has 0 bridgehead atoms. The Hall–Kier alpha value is -4.01. The van der Waals surface area contributed by atoms with Crippen molar-refractivity contribution in [2.45, 2.75) is 26.7 Å². The average molecular weight is 534 g/mol. The molecule has 0 amide bonds. The first kappa shape index (κ1) is 29.5. The summed E-state index contributed by atoms with van der Waals surface area (Å²) >= 11 is 0. The molecule has 0 radical (unpaired) electrons. The van der Waals surface area contributed by atoms with E-state index in [1.54, 1.807) is 18.2 Å². The van der Waals surface area contributed by atoms with Crippen LogP contribution in [0.4, 0.5) is 5.69 Å². The average Bonchev–Trinajstić information content (AvgIpc) is 2.95. The predicted octanol–water partition coefficient (Wildman–Crippen LogP) is 4.79. The van der Waals surface area contributed by atoms with Gasteiger partial charge in [0.05, 0.1) is 18.8 Å². The van der Waals surface area contributed by atoms with Gasteiger partial charge in [-0.2, -0.15) is 0 Å². The summed E-state index contributed by atoms with van der Waals surface area (Å²) in [6.45, 7) is 5.94. The van der Waals surface area contributed by atoms with Crippen molar-refractivity contribution in [1.82, 2.24) is 0 Å². The Bertz CT molecular complexity index is 1350. The molecule has 0 saturated carbocycles. The van der Waals surface area contributed by atoms with Crippen molar-refractivity contribution in [3.8, 4) is 0 Å². The van der Waals surface area contributed by atoms with Gasteiger partial charge in [0.2, 0.25) is 0 Å². The molecule has 1 N–H and O–H groups in total. The van der Waals surface area contributed by atoms with E-state index >= 15 is 0 Å². The normalized spacial score (nSPS) is 11.7. The lowest BCUT2D eigenvalue weighted by molar-refractivity contribution is -0.140. The lowest BCUT2D eigenvalue weighted by atomic mass is 10.1. The molecule has 1 aromatic heterocycles.